The van der Waals surface area contributed by atoms with E-state index >= 15 is 0 Å². The highest BCUT2D eigenvalue weighted by atomic mass is 32.1. The molecule has 1 saturated carbocycles. The lowest BCUT2D eigenvalue weighted by Gasteiger charge is -2.15. The van der Waals surface area contributed by atoms with Crippen LogP contribution >= 0.6 is 11.3 Å². The molecule has 0 bridgehead atoms. The molecule has 1 fully saturated rings. The molecular weight excluding hydrogens is 286 g/mol. The topological polar surface area (TPSA) is 38.8 Å². The number of hydrogen-bond donors (Lipinski definition) is 0. The second kappa shape index (κ2) is 6.45. The fourth-order valence-electron chi connectivity index (χ4n) is 2.18. The lowest BCUT2D eigenvalue weighted by atomic mass is 10.2. The Morgan fingerprint density at radius 3 is 3.00 bits per heavy atom. The molecule has 1 amide bonds. The fourth-order valence-corrected chi connectivity index (χ4v) is 3.11. The van der Waals surface area contributed by atoms with Crippen molar-refractivity contribution in [1.29, 1.82) is 0 Å². The van der Waals surface area contributed by atoms with Gasteiger partial charge in [-0.05, 0) is 48.4 Å². The van der Waals surface area contributed by atoms with Crippen LogP contribution in [0.3, 0.4) is 0 Å². The van der Waals surface area contributed by atoms with Crippen LogP contribution in [0, 0.1) is 0 Å². The molecule has 3 rings (SSSR count). The number of fused-ring (bicyclic) bond motifs is 1. The quantitative estimate of drug-likeness (QED) is 0.551. The molecule has 0 saturated heterocycles. The van der Waals surface area contributed by atoms with Crippen LogP contribution in [0.15, 0.2) is 23.6 Å². The van der Waals surface area contributed by atoms with Crippen molar-refractivity contribution in [2.75, 3.05) is 6.61 Å². The Morgan fingerprint density at radius 2 is 2.29 bits per heavy atom. The highest BCUT2D eigenvalue weighted by Crippen LogP contribution is 2.31. The molecule has 0 N–H and O–H groups in total. The first kappa shape index (κ1) is 14.4. The van der Waals surface area contributed by atoms with E-state index in [1.54, 1.807) is 11.3 Å². The summed E-state index contributed by atoms with van der Waals surface area (Å²) in [5.41, 5.74) is 1.10. The van der Waals surface area contributed by atoms with Crippen LogP contribution < -0.4 is 4.74 Å². The van der Waals surface area contributed by atoms with Gasteiger partial charge in [0.15, 0.2) is 0 Å². The minimum atomic E-state index is 0.274. The van der Waals surface area contributed by atoms with Crippen molar-refractivity contribution in [2.45, 2.75) is 38.8 Å². The van der Waals surface area contributed by atoms with Gasteiger partial charge in [0, 0.05) is 10.1 Å². The first-order valence-electron chi connectivity index (χ1n) is 7.31. The summed E-state index contributed by atoms with van der Waals surface area (Å²) in [6, 6.07) is 6.41. The Kier molecular flexibility index (Phi) is 4.41. The normalized spacial score (nSPS) is 14.3. The smallest absolute Gasteiger partial charge is 0.233 e. The summed E-state index contributed by atoms with van der Waals surface area (Å²) < 4.78 is 6.89. The summed E-state index contributed by atoms with van der Waals surface area (Å²) in [5, 5.41) is 4.68. The summed E-state index contributed by atoms with van der Waals surface area (Å²) in [4.78, 5) is 16.6. The van der Waals surface area contributed by atoms with Crippen molar-refractivity contribution in [3.8, 4) is 5.75 Å². The number of nitrogens with zero attached hydrogens (tertiary/aromatic N) is 1. The molecule has 0 aliphatic heterocycles. The van der Waals surface area contributed by atoms with Gasteiger partial charge in [-0.1, -0.05) is 6.92 Å². The predicted octanol–water partition coefficient (Wildman–Crippen LogP) is 3.74. The van der Waals surface area contributed by atoms with Crippen LogP contribution in [0.5, 0.6) is 5.75 Å². The molecule has 1 aliphatic rings. The average molecular weight is 305 g/mol. The Hall–Kier alpha value is -1.59. The van der Waals surface area contributed by atoms with Gasteiger partial charge in [0.05, 0.1) is 12.6 Å². The van der Waals surface area contributed by atoms with Crippen LogP contribution in [0.4, 0.5) is 0 Å². The van der Waals surface area contributed by atoms with Gasteiger partial charge in [-0.3, -0.25) is 9.63 Å². The first-order valence-corrected chi connectivity index (χ1v) is 8.19. The van der Waals surface area contributed by atoms with E-state index in [9.17, 15) is 4.79 Å². The van der Waals surface area contributed by atoms with Crippen molar-refractivity contribution >= 4 is 27.8 Å². The number of carbonyl (C=O) groups excluding carboxylic acids is 1. The van der Waals surface area contributed by atoms with E-state index < -0.39 is 0 Å². The number of hydroxylamine groups is 2. The Labute approximate surface area is 128 Å². The third kappa shape index (κ3) is 3.36. The summed E-state index contributed by atoms with van der Waals surface area (Å²) in [6.07, 6.45) is 3.85. The second-order valence-electron chi connectivity index (χ2n) is 5.24. The summed E-state index contributed by atoms with van der Waals surface area (Å²) >= 11 is 1.69. The van der Waals surface area contributed by atoms with Gasteiger partial charge < -0.3 is 4.74 Å². The lowest BCUT2D eigenvalue weighted by molar-refractivity contribution is -0.180. The average Bonchev–Trinajstić information content (AvgIpc) is 3.27. The molecule has 0 radical (unpaired) electrons. The van der Waals surface area contributed by atoms with Gasteiger partial charge >= 0.3 is 0 Å². The van der Waals surface area contributed by atoms with Crippen molar-refractivity contribution in [1.82, 2.24) is 5.06 Å². The van der Waals surface area contributed by atoms with E-state index in [0.29, 0.717) is 6.61 Å². The van der Waals surface area contributed by atoms with Gasteiger partial charge in [0.2, 0.25) is 6.41 Å². The molecule has 4 nitrogen and oxygen atoms in total. The first-order chi connectivity index (χ1) is 10.3. The monoisotopic (exact) mass is 305 g/mol. The number of carbonyl (C=O) groups is 1. The van der Waals surface area contributed by atoms with Crippen LogP contribution in [-0.4, -0.2) is 24.1 Å². The number of amides is 1. The van der Waals surface area contributed by atoms with Gasteiger partial charge in [0.1, 0.15) is 12.4 Å². The minimum absolute atomic E-state index is 0.274. The second-order valence-corrected chi connectivity index (χ2v) is 6.15. The van der Waals surface area contributed by atoms with Crippen molar-refractivity contribution in [3.05, 3.63) is 29.1 Å². The largest absolute Gasteiger partial charge is 0.494 e. The zero-order valence-electron chi connectivity index (χ0n) is 12.1. The van der Waals surface area contributed by atoms with Crippen LogP contribution in [0.2, 0.25) is 0 Å². The molecule has 0 spiro atoms. The Bertz CT molecular complexity index is 621. The van der Waals surface area contributed by atoms with Crippen molar-refractivity contribution in [2.24, 2.45) is 0 Å². The predicted molar refractivity (Wildman–Crippen MR) is 83.3 cm³/mol. The Balaban J connectivity index is 1.73. The van der Waals surface area contributed by atoms with E-state index in [4.69, 9.17) is 9.57 Å². The van der Waals surface area contributed by atoms with E-state index in [1.807, 2.05) is 6.07 Å². The van der Waals surface area contributed by atoms with Crippen molar-refractivity contribution in [3.63, 3.8) is 0 Å². The number of rotatable bonds is 8. The van der Waals surface area contributed by atoms with E-state index in [0.717, 1.165) is 49.0 Å². The fraction of sp³-hybridized carbons (Fsp3) is 0.438. The van der Waals surface area contributed by atoms with Crippen LogP contribution in [0.1, 0.15) is 31.7 Å². The maximum absolute atomic E-state index is 11.0. The highest BCUT2D eigenvalue weighted by molar-refractivity contribution is 7.17. The van der Waals surface area contributed by atoms with Gasteiger partial charge in [-0.2, -0.15) is 0 Å². The highest BCUT2D eigenvalue weighted by Gasteiger charge is 2.29. The van der Waals surface area contributed by atoms with Crippen LogP contribution in [0.25, 0.3) is 10.1 Å². The van der Waals surface area contributed by atoms with Gasteiger partial charge in [0.25, 0.3) is 0 Å². The third-order valence-corrected chi connectivity index (χ3v) is 4.49. The standard InChI is InChI=1S/C16H19NO3S/c1-2-7-19-14-5-6-16-15(8-14)12(10-21-16)9-20-17(11-18)13-3-4-13/h5-6,8,10-11,13H,2-4,7,9H2,1H3. The van der Waals surface area contributed by atoms with Gasteiger partial charge in [-0.15, -0.1) is 11.3 Å². The molecule has 5 heteroatoms. The van der Waals surface area contributed by atoms with E-state index in [-0.39, 0.29) is 6.04 Å². The zero-order valence-corrected chi connectivity index (χ0v) is 12.9. The molecule has 1 aromatic carbocycles. The number of hydrogen-bond acceptors (Lipinski definition) is 4. The molecule has 0 atom stereocenters. The molecule has 112 valence electrons. The maximum Gasteiger partial charge on any atom is 0.233 e. The molecule has 0 unspecified atom stereocenters. The number of benzene rings is 1. The molecule has 1 aromatic heterocycles. The van der Waals surface area contributed by atoms with Crippen LogP contribution in [-0.2, 0) is 16.2 Å². The number of thiophene rings is 1. The number of ether oxygens (including phenoxy) is 1. The molecule has 21 heavy (non-hydrogen) atoms. The Morgan fingerprint density at radius 1 is 1.43 bits per heavy atom. The van der Waals surface area contributed by atoms with E-state index in [1.165, 1.54) is 9.76 Å². The maximum atomic E-state index is 11.0. The lowest BCUT2D eigenvalue weighted by Crippen LogP contribution is -2.24. The minimum Gasteiger partial charge on any atom is -0.494 e. The summed E-state index contributed by atoms with van der Waals surface area (Å²) in [6.45, 7) is 3.24. The third-order valence-electron chi connectivity index (χ3n) is 3.48. The zero-order chi connectivity index (χ0) is 14.7. The molecule has 1 aliphatic carbocycles. The molecule has 1 heterocycles. The molecule has 2 aromatic rings. The summed E-state index contributed by atoms with van der Waals surface area (Å²) in [5.74, 6) is 0.887. The molecular formula is C16H19NO3S. The summed E-state index contributed by atoms with van der Waals surface area (Å²) in [7, 11) is 0. The SMILES string of the molecule is CCCOc1ccc2scc(CON(C=O)C3CC3)c2c1. The van der Waals surface area contributed by atoms with Crippen molar-refractivity contribution < 1.29 is 14.4 Å². The van der Waals surface area contributed by atoms with Gasteiger partial charge in [-0.25, -0.2) is 5.06 Å². The van der Waals surface area contributed by atoms with E-state index in [2.05, 4.69) is 24.4 Å².